The number of hydrogen-bond donors (Lipinski definition) is 2. The van der Waals surface area contributed by atoms with Crippen LogP contribution in [0, 0.1) is 5.92 Å². The van der Waals surface area contributed by atoms with E-state index in [1.165, 1.54) is 12.8 Å². The summed E-state index contributed by atoms with van der Waals surface area (Å²) in [6.07, 6.45) is 13.0. The van der Waals surface area contributed by atoms with Crippen molar-refractivity contribution in [1.29, 1.82) is 0 Å². The largest absolute Gasteiger partial charge is 0.495 e. The molecule has 0 bridgehead atoms. The van der Waals surface area contributed by atoms with Crippen LogP contribution in [-0.2, 0) is 4.79 Å². The fourth-order valence-electron chi connectivity index (χ4n) is 6.16. The van der Waals surface area contributed by atoms with Gasteiger partial charge in [-0.2, -0.15) is 4.98 Å². The number of allylic oxidation sites excluding steroid dienone is 2. The van der Waals surface area contributed by atoms with Gasteiger partial charge >= 0.3 is 0 Å². The molecular formula is C31H43N7O3. The molecule has 2 fully saturated rings. The van der Waals surface area contributed by atoms with Gasteiger partial charge in [-0.15, -0.1) is 0 Å². The Morgan fingerprint density at radius 3 is 2.61 bits per heavy atom. The van der Waals surface area contributed by atoms with E-state index in [1.807, 2.05) is 26.1 Å². The zero-order valence-electron chi connectivity index (χ0n) is 24.7. The quantitative estimate of drug-likeness (QED) is 0.459. The van der Waals surface area contributed by atoms with Crippen LogP contribution >= 0.6 is 0 Å². The second-order valence-corrected chi connectivity index (χ2v) is 11.5. The maximum atomic E-state index is 13.4. The number of amides is 2. The third kappa shape index (κ3) is 6.48. The van der Waals surface area contributed by atoms with Crippen LogP contribution in [-0.4, -0.2) is 79.6 Å². The summed E-state index contributed by atoms with van der Waals surface area (Å²) in [5.74, 6) is 1.58. The maximum Gasteiger partial charge on any atom is 0.251 e. The molecule has 3 aliphatic rings. The number of piperidine rings is 1. The Morgan fingerprint density at radius 1 is 1.15 bits per heavy atom. The van der Waals surface area contributed by atoms with Gasteiger partial charge in [0.2, 0.25) is 11.9 Å². The molecule has 1 aromatic heterocycles. The first-order valence-electron chi connectivity index (χ1n) is 14.8. The lowest BCUT2D eigenvalue weighted by Crippen LogP contribution is -2.43. The molecule has 2 amide bonds. The average Bonchev–Trinajstić information content (AvgIpc) is 3.50. The van der Waals surface area contributed by atoms with Gasteiger partial charge in [0.1, 0.15) is 11.4 Å². The molecule has 3 heterocycles. The molecule has 41 heavy (non-hydrogen) atoms. The van der Waals surface area contributed by atoms with Crippen LogP contribution in [0.1, 0.15) is 62.2 Å². The minimum absolute atomic E-state index is 0.0879. The summed E-state index contributed by atoms with van der Waals surface area (Å²) in [7, 11) is 5.51. The molecule has 10 nitrogen and oxygen atoms in total. The van der Waals surface area contributed by atoms with Crippen LogP contribution < -0.4 is 25.2 Å². The molecular weight excluding hydrogens is 518 g/mol. The van der Waals surface area contributed by atoms with Gasteiger partial charge in [0, 0.05) is 31.2 Å². The molecule has 1 aromatic carbocycles. The summed E-state index contributed by atoms with van der Waals surface area (Å²) in [5, 5.41) is 6.47. The minimum atomic E-state index is -0.143. The van der Waals surface area contributed by atoms with E-state index >= 15 is 0 Å². The second-order valence-electron chi connectivity index (χ2n) is 11.5. The highest BCUT2D eigenvalue weighted by atomic mass is 16.5. The number of hydrogen-bond acceptors (Lipinski definition) is 8. The van der Waals surface area contributed by atoms with E-state index in [2.05, 4.69) is 38.5 Å². The molecule has 1 saturated heterocycles. The zero-order valence-corrected chi connectivity index (χ0v) is 24.7. The molecule has 2 aromatic rings. The van der Waals surface area contributed by atoms with Crippen molar-refractivity contribution in [3.05, 3.63) is 42.1 Å². The Balaban J connectivity index is 1.38. The molecule has 0 radical (unpaired) electrons. The van der Waals surface area contributed by atoms with Crippen LogP contribution in [0.3, 0.4) is 0 Å². The number of ether oxygens (including phenoxy) is 1. The topological polar surface area (TPSA) is 103 Å². The summed E-state index contributed by atoms with van der Waals surface area (Å²) in [4.78, 5) is 42.2. The standard InChI is InChI=1S/C31H43N7O3/c1-5-6-9-22-20-38(24-10-7-8-11-24)28-26(37(3)30(22)40)19-32-31(35-28)34-25-13-12-21(18-27(25)41-4)29(39)33-23-14-16-36(2)17-15-23/h5-6,12-13,18-19,22-24H,7-11,14-17,20H2,1-4H3,(H,33,39)(H,32,34,35)/b6-5-. The van der Waals surface area contributed by atoms with Gasteiger partial charge in [-0.05, 0) is 77.4 Å². The van der Waals surface area contributed by atoms with Crippen molar-refractivity contribution >= 4 is 35.0 Å². The number of likely N-dealkylation sites (tertiary alicyclic amines) is 1. The molecule has 5 rings (SSSR count). The van der Waals surface area contributed by atoms with E-state index in [-0.39, 0.29) is 23.8 Å². The number of benzene rings is 1. The van der Waals surface area contributed by atoms with E-state index in [9.17, 15) is 9.59 Å². The molecule has 10 heteroatoms. The van der Waals surface area contributed by atoms with Crippen molar-refractivity contribution < 1.29 is 14.3 Å². The van der Waals surface area contributed by atoms with Gasteiger partial charge in [-0.25, -0.2) is 4.98 Å². The first kappa shape index (κ1) is 28.9. The number of carbonyl (C=O) groups is 2. The highest BCUT2D eigenvalue weighted by Crippen LogP contribution is 2.38. The molecule has 0 spiro atoms. The van der Waals surface area contributed by atoms with Crippen molar-refractivity contribution in [1.82, 2.24) is 20.2 Å². The summed E-state index contributed by atoms with van der Waals surface area (Å²) in [5.41, 5.74) is 1.94. The maximum absolute atomic E-state index is 13.4. The fourth-order valence-corrected chi connectivity index (χ4v) is 6.16. The fraction of sp³-hybridized carbons (Fsp3) is 0.548. The Hall–Kier alpha value is -3.66. The number of rotatable bonds is 8. The minimum Gasteiger partial charge on any atom is -0.495 e. The lowest BCUT2D eigenvalue weighted by molar-refractivity contribution is -0.121. The first-order valence-corrected chi connectivity index (χ1v) is 14.8. The lowest BCUT2D eigenvalue weighted by Gasteiger charge is -2.31. The number of aromatic nitrogens is 2. The number of nitrogens with zero attached hydrogens (tertiary/aromatic N) is 5. The van der Waals surface area contributed by atoms with Crippen molar-refractivity contribution in [2.45, 2.75) is 64.0 Å². The van der Waals surface area contributed by atoms with Crippen LogP contribution in [0.2, 0.25) is 0 Å². The Morgan fingerprint density at radius 2 is 1.90 bits per heavy atom. The number of anilines is 4. The summed E-state index contributed by atoms with van der Waals surface area (Å²) in [6, 6.07) is 5.90. The van der Waals surface area contributed by atoms with Crippen molar-refractivity contribution in [3.63, 3.8) is 0 Å². The number of fused-ring (bicyclic) bond motifs is 1. The van der Waals surface area contributed by atoms with E-state index in [0.29, 0.717) is 42.0 Å². The SMILES string of the molecule is C/C=C\CC1CN(C2CCCC2)c2nc(Nc3ccc(C(=O)NC4CCN(C)CC4)cc3OC)ncc2N(C)C1=O. The monoisotopic (exact) mass is 561 g/mol. The Labute approximate surface area is 243 Å². The van der Waals surface area contributed by atoms with Gasteiger partial charge in [0.15, 0.2) is 5.82 Å². The van der Waals surface area contributed by atoms with Crippen molar-refractivity contribution in [2.24, 2.45) is 5.92 Å². The van der Waals surface area contributed by atoms with Crippen LogP contribution in [0.4, 0.5) is 23.1 Å². The van der Waals surface area contributed by atoms with Gasteiger partial charge in [0.25, 0.3) is 5.91 Å². The predicted molar refractivity (Wildman–Crippen MR) is 162 cm³/mol. The molecule has 220 valence electrons. The molecule has 1 atom stereocenters. The van der Waals surface area contributed by atoms with E-state index in [0.717, 1.165) is 50.3 Å². The lowest BCUT2D eigenvalue weighted by atomic mass is 10.0. The Kier molecular flexibility index (Phi) is 9.07. The first-order chi connectivity index (χ1) is 19.9. The number of carbonyl (C=O) groups excluding carboxylic acids is 2. The predicted octanol–water partition coefficient (Wildman–Crippen LogP) is 4.36. The molecule has 2 N–H and O–H groups in total. The van der Waals surface area contributed by atoms with Crippen LogP contribution in [0.15, 0.2) is 36.5 Å². The summed E-state index contributed by atoms with van der Waals surface area (Å²) in [6.45, 7) is 4.58. The zero-order chi connectivity index (χ0) is 28.9. The average molecular weight is 562 g/mol. The summed E-state index contributed by atoms with van der Waals surface area (Å²) >= 11 is 0. The van der Waals surface area contributed by atoms with E-state index < -0.39 is 0 Å². The molecule has 1 aliphatic carbocycles. The molecule has 1 saturated carbocycles. The van der Waals surface area contributed by atoms with Crippen molar-refractivity contribution in [2.75, 3.05) is 56.0 Å². The smallest absolute Gasteiger partial charge is 0.251 e. The van der Waals surface area contributed by atoms with Crippen molar-refractivity contribution in [3.8, 4) is 5.75 Å². The van der Waals surface area contributed by atoms with E-state index in [1.54, 1.807) is 30.3 Å². The van der Waals surface area contributed by atoms with Gasteiger partial charge in [0.05, 0.1) is 24.9 Å². The van der Waals surface area contributed by atoms with Gasteiger partial charge in [-0.3, -0.25) is 9.59 Å². The number of methoxy groups -OCH3 is 1. The third-order valence-electron chi connectivity index (χ3n) is 8.67. The van der Waals surface area contributed by atoms with Gasteiger partial charge in [-0.1, -0.05) is 25.0 Å². The highest BCUT2D eigenvalue weighted by molar-refractivity contribution is 5.99. The molecule has 2 aliphatic heterocycles. The third-order valence-corrected chi connectivity index (χ3v) is 8.67. The van der Waals surface area contributed by atoms with Crippen LogP contribution in [0.25, 0.3) is 0 Å². The van der Waals surface area contributed by atoms with Gasteiger partial charge < -0.3 is 30.1 Å². The molecule has 1 unspecified atom stereocenters. The summed E-state index contributed by atoms with van der Waals surface area (Å²) < 4.78 is 5.66. The van der Waals surface area contributed by atoms with Crippen LogP contribution in [0.5, 0.6) is 5.75 Å². The Bertz CT molecular complexity index is 1270. The normalized spacial score (nSPS) is 20.8. The second kappa shape index (κ2) is 12.9. The van der Waals surface area contributed by atoms with E-state index in [4.69, 9.17) is 9.72 Å². The number of nitrogens with one attached hydrogen (secondary N) is 2. The highest BCUT2D eigenvalue weighted by Gasteiger charge is 2.36.